The highest BCUT2D eigenvalue weighted by atomic mass is 79.9. The first-order chi connectivity index (χ1) is 8.10. The van der Waals surface area contributed by atoms with Gasteiger partial charge in [0.05, 0.1) is 13.2 Å². The Morgan fingerprint density at radius 3 is 2.65 bits per heavy atom. The van der Waals surface area contributed by atoms with Gasteiger partial charge >= 0.3 is 0 Å². The summed E-state index contributed by atoms with van der Waals surface area (Å²) >= 11 is 3.50. The molecule has 1 rings (SSSR count). The van der Waals surface area contributed by atoms with Crippen LogP contribution < -0.4 is 15.2 Å². The first-order valence-electron chi connectivity index (χ1n) is 5.50. The summed E-state index contributed by atoms with van der Waals surface area (Å²) in [6.07, 6.45) is 3.90. The van der Waals surface area contributed by atoms with Crippen LogP contribution in [-0.4, -0.2) is 19.8 Å². The summed E-state index contributed by atoms with van der Waals surface area (Å²) in [5.74, 6) is 1.46. The number of hydrogen-bond acceptors (Lipinski definition) is 3. The van der Waals surface area contributed by atoms with Crippen LogP contribution in [0.1, 0.15) is 19.4 Å². The third kappa shape index (κ3) is 3.75. The standard InChI is InChI=1S/C13H18BrNO2/c1-9(2)17-13-10(5-4-8-15)11(14)6-7-12(13)16-3/h4-7,9H,8,15H2,1-3H3/b5-4+. The fourth-order valence-electron chi connectivity index (χ4n) is 1.41. The van der Waals surface area contributed by atoms with Gasteiger partial charge in [-0.15, -0.1) is 0 Å². The molecule has 2 N–H and O–H groups in total. The zero-order valence-electron chi connectivity index (χ0n) is 10.4. The number of methoxy groups -OCH3 is 1. The zero-order valence-corrected chi connectivity index (χ0v) is 12.0. The van der Waals surface area contributed by atoms with E-state index in [0.717, 1.165) is 21.5 Å². The molecule has 0 fully saturated rings. The normalized spacial score (nSPS) is 11.2. The largest absolute Gasteiger partial charge is 0.493 e. The van der Waals surface area contributed by atoms with Gasteiger partial charge in [0.2, 0.25) is 0 Å². The maximum Gasteiger partial charge on any atom is 0.169 e. The molecule has 17 heavy (non-hydrogen) atoms. The lowest BCUT2D eigenvalue weighted by molar-refractivity contribution is 0.229. The molecule has 0 radical (unpaired) electrons. The highest BCUT2D eigenvalue weighted by Gasteiger charge is 2.13. The van der Waals surface area contributed by atoms with Crippen molar-refractivity contribution in [2.75, 3.05) is 13.7 Å². The maximum atomic E-state index is 5.80. The predicted octanol–water partition coefficient (Wildman–Crippen LogP) is 3.22. The van der Waals surface area contributed by atoms with E-state index in [1.54, 1.807) is 7.11 Å². The Kier molecular flexibility index (Phi) is 5.51. The number of halogens is 1. The van der Waals surface area contributed by atoms with Gasteiger partial charge in [0.1, 0.15) is 0 Å². The summed E-state index contributed by atoms with van der Waals surface area (Å²) in [7, 11) is 1.63. The minimum Gasteiger partial charge on any atom is -0.493 e. The monoisotopic (exact) mass is 299 g/mol. The molecule has 0 bridgehead atoms. The molecule has 1 aromatic carbocycles. The van der Waals surface area contributed by atoms with Gasteiger partial charge < -0.3 is 15.2 Å². The van der Waals surface area contributed by atoms with Crippen molar-refractivity contribution >= 4 is 22.0 Å². The average molecular weight is 300 g/mol. The van der Waals surface area contributed by atoms with Crippen LogP contribution in [0.2, 0.25) is 0 Å². The van der Waals surface area contributed by atoms with E-state index in [4.69, 9.17) is 15.2 Å². The fourth-order valence-corrected chi connectivity index (χ4v) is 1.86. The molecule has 4 heteroatoms. The smallest absolute Gasteiger partial charge is 0.169 e. The van der Waals surface area contributed by atoms with E-state index in [9.17, 15) is 0 Å². The van der Waals surface area contributed by atoms with Crippen molar-refractivity contribution in [2.24, 2.45) is 5.73 Å². The van der Waals surface area contributed by atoms with Crippen molar-refractivity contribution in [3.8, 4) is 11.5 Å². The lowest BCUT2D eigenvalue weighted by Crippen LogP contribution is -2.08. The Labute approximate surface area is 111 Å². The van der Waals surface area contributed by atoms with Crippen LogP contribution in [-0.2, 0) is 0 Å². The molecular formula is C13H18BrNO2. The fraction of sp³-hybridized carbons (Fsp3) is 0.385. The quantitative estimate of drug-likeness (QED) is 0.908. The number of benzene rings is 1. The molecule has 0 spiro atoms. The topological polar surface area (TPSA) is 44.5 Å². The molecule has 0 aliphatic rings. The summed E-state index contributed by atoms with van der Waals surface area (Å²) in [4.78, 5) is 0. The molecule has 0 aliphatic carbocycles. The van der Waals surface area contributed by atoms with Gasteiger partial charge in [-0.3, -0.25) is 0 Å². The zero-order chi connectivity index (χ0) is 12.8. The molecule has 0 saturated carbocycles. The van der Waals surface area contributed by atoms with E-state index >= 15 is 0 Å². The van der Waals surface area contributed by atoms with Crippen molar-refractivity contribution in [1.82, 2.24) is 0 Å². The Balaban J connectivity index is 3.26. The van der Waals surface area contributed by atoms with Crippen LogP contribution in [0.5, 0.6) is 11.5 Å². The Morgan fingerprint density at radius 2 is 2.12 bits per heavy atom. The Bertz CT molecular complexity index is 403. The second-order valence-electron chi connectivity index (χ2n) is 3.80. The van der Waals surface area contributed by atoms with Crippen LogP contribution in [0.3, 0.4) is 0 Å². The van der Waals surface area contributed by atoms with Crippen molar-refractivity contribution in [1.29, 1.82) is 0 Å². The number of nitrogens with two attached hydrogens (primary N) is 1. The summed E-state index contributed by atoms with van der Waals surface area (Å²) in [6.45, 7) is 4.46. The van der Waals surface area contributed by atoms with Gasteiger partial charge in [-0.05, 0) is 26.0 Å². The lowest BCUT2D eigenvalue weighted by Gasteiger charge is -2.17. The molecule has 0 unspecified atom stereocenters. The van der Waals surface area contributed by atoms with Gasteiger partial charge in [0.25, 0.3) is 0 Å². The summed E-state index contributed by atoms with van der Waals surface area (Å²) in [5.41, 5.74) is 6.42. The number of hydrogen-bond donors (Lipinski definition) is 1. The van der Waals surface area contributed by atoms with Crippen LogP contribution in [0.25, 0.3) is 6.08 Å². The molecule has 0 heterocycles. The molecular weight excluding hydrogens is 282 g/mol. The molecule has 0 amide bonds. The molecule has 0 atom stereocenters. The van der Waals surface area contributed by atoms with Gasteiger partial charge in [-0.2, -0.15) is 0 Å². The van der Waals surface area contributed by atoms with Gasteiger partial charge in [0.15, 0.2) is 11.5 Å². The van der Waals surface area contributed by atoms with E-state index in [0.29, 0.717) is 6.54 Å². The molecule has 1 aromatic rings. The maximum absolute atomic E-state index is 5.80. The van der Waals surface area contributed by atoms with E-state index in [1.165, 1.54) is 0 Å². The Hall–Kier alpha value is -1.00. The van der Waals surface area contributed by atoms with Crippen molar-refractivity contribution < 1.29 is 9.47 Å². The number of ether oxygens (including phenoxy) is 2. The SMILES string of the molecule is COc1ccc(Br)c(/C=C/CN)c1OC(C)C. The molecule has 0 saturated heterocycles. The number of rotatable bonds is 5. The molecule has 0 aromatic heterocycles. The van der Waals surface area contributed by atoms with Gasteiger partial charge in [-0.25, -0.2) is 0 Å². The van der Waals surface area contributed by atoms with E-state index in [-0.39, 0.29) is 6.10 Å². The second-order valence-corrected chi connectivity index (χ2v) is 4.65. The first-order valence-corrected chi connectivity index (χ1v) is 6.29. The Morgan fingerprint density at radius 1 is 1.41 bits per heavy atom. The molecule has 94 valence electrons. The van der Waals surface area contributed by atoms with Crippen LogP contribution in [0.15, 0.2) is 22.7 Å². The van der Waals surface area contributed by atoms with Crippen molar-refractivity contribution in [3.05, 3.63) is 28.2 Å². The van der Waals surface area contributed by atoms with Crippen molar-refractivity contribution in [3.63, 3.8) is 0 Å². The van der Waals surface area contributed by atoms with E-state index < -0.39 is 0 Å². The molecule has 0 aliphatic heterocycles. The highest BCUT2D eigenvalue weighted by molar-refractivity contribution is 9.10. The third-order valence-corrected chi connectivity index (χ3v) is 2.79. The minimum atomic E-state index is 0.0863. The van der Waals surface area contributed by atoms with Gasteiger partial charge in [-0.1, -0.05) is 28.1 Å². The summed E-state index contributed by atoms with van der Waals surface area (Å²) in [6, 6.07) is 3.81. The van der Waals surface area contributed by atoms with Crippen LogP contribution in [0.4, 0.5) is 0 Å². The predicted molar refractivity (Wildman–Crippen MR) is 74.5 cm³/mol. The van der Waals surface area contributed by atoms with E-state index in [2.05, 4.69) is 15.9 Å². The average Bonchev–Trinajstić information content (AvgIpc) is 2.28. The van der Waals surface area contributed by atoms with Gasteiger partial charge in [0, 0.05) is 16.6 Å². The highest BCUT2D eigenvalue weighted by Crippen LogP contribution is 2.37. The summed E-state index contributed by atoms with van der Waals surface area (Å²) in [5, 5.41) is 0. The molecule has 3 nitrogen and oxygen atoms in total. The summed E-state index contributed by atoms with van der Waals surface area (Å²) < 4.78 is 12.1. The first kappa shape index (κ1) is 14.1. The van der Waals surface area contributed by atoms with Crippen LogP contribution in [0, 0.1) is 0 Å². The second kappa shape index (κ2) is 6.67. The minimum absolute atomic E-state index is 0.0863. The lowest BCUT2D eigenvalue weighted by atomic mass is 10.1. The van der Waals surface area contributed by atoms with Crippen LogP contribution >= 0.6 is 15.9 Å². The van der Waals surface area contributed by atoms with Crippen molar-refractivity contribution in [2.45, 2.75) is 20.0 Å². The van der Waals surface area contributed by atoms with E-state index in [1.807, 2.05) is 38.1 Å². The third-order valence-electron chi connectivity index (χ3n) is 2.10.